The van der Waals surface area contributed by atoms with Crippen molar-refractivity contribution in [3.8, 4) is 0 Å². The Labute approximate surface area is 163 Å². The minimum atomic E-state index is -0.925. The van der Waals surface area contributed by atoms with Crippen LogP contribution in [0.5, 0.6) is 0 Å². The number of carboxylic acids is 1. The van der Waals surface area contributed by atoms with Gasteiger partial charge in [0, 0.05) is 11.9 Å². The molecule has 5 rings (SSSR count). The van der Waals surface area contributed by atoms with Gasteiger partial charge in [0.05, 0.1) is 34.0 Å². The van der Waals surface area contributed by atoms with Gasteiger partial charge in [0.1, 0.15) is 0 Å². The van der Waals surface area contributed by atoms with Gasteiger partial charge in [-0.2, -0.15) is 5.01 Å². The second kappa shape index (κ2) is 7.20. The predicted octanol–water partition coefficient (Wildman–Crippen LogP) is 3.60. The lowest BCUT2D eigenvalue weighted by molar-refractivity contribution is 0.0697. The summed E-state index contributed by atoms with van der Waals surface area (Å²) in [6, 6.07) is 10.3. The Morgan fingerprint density at radius 3 is 2.82 bits per heavy atom. The number of benzene rings is 2. The fourth-order valence-electron chi connectivity index (χ4n) is 2.65. The third kappa shape index (κ3) is 3.60. The van der Waals surface area contributed by atoms with Gasteiger partial charge in [0.2, 0.25) is 11.8 Å². The molecule has 4 aromatic rings. The van der Waals surface area contributed by atoms with Crippen LogP contribution in [0.3, 0.4) is 0 Å². The number of hydrazone groups is 1. The molecule has 0 atom stereocenters. The summed E-state index contributed by atoms with van der Waals surface area (Å²) >= 11 is 5.89. The number of hydrogen-bond acceptors (Lipinski definition) is 6. The van der Waals surface area contributed by atoms with Gasteiger partial charge in [-0.3, -0.25) is 0 Å². The first-order valence-corrected chi connectivity index (χ1v) is 8.64. The summed E-state index contributed by atoms with van der Waals surface area (Å²) in [6.07, 6.45) is 1.54. The lowest BCUT2D eigenvalue weighted by Crippen LogP contribution is -2.14. The molecule has 0 fully saturated rings. The van der Waals surface area contributed by atoms with Crippen molar-refractivity contribution < 1.29 is 14.6 Å². The maximum atomic E-state index is 10.5. The number of rotatable bonds is 2. The normalized spacial score (nSPS) is 13.2. The van der Waals surface area contributed by atoms with E-state index in [1.165, 1.54) is 12.4 Å². The van der Waals surface area contributed by atoms with Crippen LogP contribution in [0, 0.1) is 0 Å². The number of aromatic carboxylic acids is 1. The minimum absolute atomic E-state index is 0.270. The highest BCUT2D eigenvalue weighted by molar-refractivity contribution is 6.31. The summed E-state index contributed by atoms with van der Waals surface area (Å²) < 4.78 is 5.23. The lowest BCUT2D eigenvalue weighted by Gasteiger charge is -2.05. The number of anilines is 1. The molecule has 1 aliphatic rings. The van der Waals surface area contributed by atoms with Gasteiger partial charge in [-0.25, -0.2) is 14.8 Å². The van der Waals surface area contributed by atoms with Crippen LogP contribution in [0.25, 0.3) is 22.1 Å². The molecular weight excluding hydrogens is 384 g/mol. The summed E-state index contributed by atoms with van der Waals surface area (Å²) in [7, 11) is 0. The Morgan fingerprint density at radius 2 is 2.07 bits per heavy atom. The molecule has 10 heteroatoms. The number of hydrogen-bond donors (Lipinski definition) is 3. The first-order chi connectivity index (χ1) is 13.5. The van der Waals surface area contributed by atoms with Gasteiger partial charge in [0.25, 0.3) is 0 Å². The van der Waals surface area contributed by atoms with E-state index in [9.17, 15) is 4.79 Å². The van der Waals surface area contributed by atoms with E-state index in [0.29, 0.717) is 23.6 Å². The van der Waals surface area contributed by atoms with Gasteiger partial charge < -0.3 is 19.8 Å². The lowest BCUT2D eigenvalue weighted by atomic mass is 10.2. The maximum absolute atomic E-state index is 10.5. The molecule has 2 aromatic heterocycles. The van der Waals surface area contributed by atoms with E-state index in [1.54, 1.807) is 24.1 Å². The van der Waals surface area contributed by atoms with E-state index < -0.39 is 5.97 Å². The number of fused-ring (bicyclic) bond motifs is 2. The number of halogens is 1. The fourth-order valence-corrected chi connectivity index (χ4v) is 2.81. The Kier molecular flexibility index (Phi) is 4.58. The number of carbonyl (C=O) groups is 1. The van der Waals surface area contributed by atoms with Gasteiger partial charge in [-0.05, 0) is 36.4 Å². The van der Waals surface area contributed by atoms with Crippen LogP contribution in [-0.4, -0.2) is 43.6 Å². The first-order valence-electron chi connectivity index (χ1n) is 8.27. The molecule has 0 amide bonds. The van der Waals surface area contributed by atoms with E-state index >= 15 is 0 Å². The van der Waals surface area contributed by atoms with Crippen molar-refractivity contribution in [2.75, 3.05) is 11.7 Å². The molecule has 2 aromatic carbocycles. The van der Waals surface area contributed by atoms with Crippen LogP contribution in [0.15, 0.2) is 47.8 Å². The molecule has 28 heavy (non-hydrogen) atoms. The standard InChI is InChI=1S/C10H9ClN4O.C8H6N2O2/c1-6-14-15(5-16-6)10-12-8-3-2-7(11)4-9(8)13-10;11-8(12)5-1-2-6-7(3-5)10-4-9-6/h2-4H,5H2,1H3,(H,12,13);1-4H,(H,9,10)(H,11,12). The van der Waals surface area contributed by atoms with Gasteiger partial charge in [-0.1, -0.05) is 11.6 Å². The Morgan fingerprint density at radius 1 is 1.21 bits per heavy atom. The second-order valence-corrected chi connectivity index (χ2v) is 6.39. The van der Waals surface area contributed by atoms with Gasteiger partial charge in [0.15, 0.2) is 6.73 Å². The Bertz CT molecular complexity index is 1200. The fraction of sp³-hybridized carbons (Fsp3) is 0.111. The monoisotopic (exact) mass is 398 g/mol. The molecule has 9 nitrogen and oxygen atoms in total. The third-order valence-corrected chi connectivity index (χ3v) is 4.24. The van der Waals surface area contributed by atoms with Gasteiger partial charge in [-0.15, -0.1) is 5.10 Å². The van der Waals surface area contributed by atoms with E-state index in [2.05, 4.69) is 25.0 Å². The summed E-state index contributed by atoms with van der Waals surface area (Å²) in [5.41, 5.74) is 3.54. The zero-order valence-corrected chi connectivity index (χ0v) is 15.4. The number of H-pyrrole nitrogens is 2. The molecule has 0 unspecified atom stereocenters. The predicted molar refractivity (Wildman–Crippen MR) is 106 cm³/mol. The summed E-state index contributed by atoms with van der Waals surface area (Å²) in [4.78, 5) is 24.9. The maximum Gasteiger partial charge on any atom is 0.335 e. The molecule has 0 spiro atoms. The molecule has 1 aliphatic heterocycles. The van der Waals surface area contributed by atoms with Crippen molar-refractivity contribution >= 4 is 51.5 Å². The summed E-state index contributed by atoms with van der Waals surface area (Å²) in [5.74, 6) is 0.374. The van der Waals surface area contributed by atoms with E-state index in [4.69, 9.17) is 21.4 Å². The molecule has 0 bridgehead atoms. The molecule has 0 saturated carbocycles. The topological polar surface area (TPSA) is 119 Å². The van der Waals surface area contributed by atoms with Crippen LogP contribution in [0.2, 0.25) is 5.02 Å². The largest absolute Gasteiger partial charge is 0.478 e. The highest BCUT2D eigenvalue weighted by Crippen LogP contribution is 2.22. The van der Waals surface area contributed by atoms with Crippen LogP contribution in [0.1, 0.15) is 17.3 Å². The average Bonchev–Trinajstić information content (AvgIpc) is 3.39. The summed E-state index contributed by atoms with van der Waals surface area (Å²) in [5, 5.41) is 15.2. The smallest absolute Gasteiger partial charge is 0.335 e. The number of carboxylic acid groups (broad SMARTS) is 1. The number of ether oxygens (including phenoxy) is 1. The number of aromatic amines is 2. The zero-order valence-electron chi connectivity index (χ0n) is 14.7. The molecule has 142 valence electrons. The number of aromatic nitrogens is 4. The van der Waals surface area contributed by atoms with E-state index in [-0.39, 0.29) is 5.56 Å². The molecule has 3 heterocycles. The van der Waals surface area contributed by atoms with Crippen molar-refractivity contribution in [1.82, 2.24) is 19.9 Å². The minimum Gasteiger partial charge on any atom is -0.478 e. The molecular formula is C18H15ClN6O3. The van der Waals surface area contributed by atoms with Crippen LogP contribution >= 0.6 is 11.6 Å². The van der Waals surface area contributed by atoms with Crippen molar-refractivity contribution in [1.29, 1.82) is 0 Å². The summed E-state index contributed by atoms with van der Waals surface area (Å²) in [6.45, 7) is 2.19. The van der Waals surface area contributed by atoms with Crippen molar-refractivity contribution in [2.45, 2.75) is 6.92 Å². The molecule has 0 saturated heterocycles. The number of imidazole rings is 2. The van der Waals surface area contributed by atoms with Gasteiger partial charge >= 0.3 is 5.97 Å². The average molecular weight is 399 g/mol. The van der Waals surface area contributed by atoms with Crippen LogP contribution < -0.4 is 5.01 Å². The number of nitrogens with one attached hydrogen (secondary N) is 2. The zero-order chi connectivity index (χ0) is 19.7. The van der Waals surface area contributed by atoms with Crippen molar-refractivity contribution in [2.24, 2.45) is 5.10 Å². The van der Waals surface area contributed by atoms with Crippen molar-refractivity contribution in [3.63, 3.8) is 0 Å². The van der Waals surface area contributed by atoms with Crippen LogP contribution in [-0.2, 0) is 4.74 Å². The first kappa shape index (κ1) is 17.8. The highest BCUT2D eigenvalue weighted by atomic mass is 35.5. The van der Waals surface area contributed by atoms with Crippen molar-refractivity contribution in [3.05, 3.63) is 53.3 Å². The Balaban J connectivity index is 0.000000143. The number of nitrogens with zero attached hydrogens (tertiary/aromatic N) is 4. The van der Waals surface area contributed by atoms with E-state index in [1.807, 2.05) is 18.2 Å². The van der Waals surface area contributed by atoms with E-state index in [0.717, 1.165) is 22.1 Å². The SMILES string of the molecule is CC1=NN(c2nc3cc(Cl)ccc3[nH]2)CO1.O=C(O)c1ccc2nc[nH]c2c1. The van der Waals surface area contributed by atoms with Crippen LogP contribution in [0.4, 0.5) is 5.95 Å². The quantitative estimate of drug-likeness (QED) is 0.474. The highest BCUT2D eigenvalue weighted by Gasteiger charge is 2.17. The molecule has 3 N–H and O–H groups in total. The molecule has 0 radical (unpaired) electrons. The molecule has 0 aliphatic carbocycles. The third-order valence-electron chi connectivity index (χ3n) is 4.00. The Hall–Kier alpha value is -3.59. The second-order valence-electron chi connectivity index (χ2n) is 5.95.